The lowest BCUT2D eigenvalue weighted by atomic mass is 9.70. The van der Waals surface area contributed by atoms with Crippen LogP contribution in [0.4, 0.5) is 0 Å². The Kier molecular flexibility index (Phi) is 5.64. The molecule has 0 saturated heterocycles. The van der Waals surface area contributed by atoms with Gasteiger partial charge in [-0.1, -0.05) is 71.7 Å². The smallest absolute Gasteiger partial charge is 0.314 e. The molecule has 3 heteroatoms. The average molecular weight is 375 g/mol. The van der Waals surface area contributed by atoms with Crippen molar-refractivity contribution in [3.63, 3.8) is 0 Å². The summed E-state index contributed by atoms with van der Waals surface area (Å²) >= 11 is 3.45. The van der Waals surface area contributed by atoms with Gasteiger partial charge in [0.05, 0.1) is 12.5 Å². The third kappa shape index (κ3) is 4.03. The molecular weight excluding hydrogens is 352 g/mol. The third-order valence-corrected chi connectivity index (χ3v) is 4.77. The molecule has 0 aromatic heterocycles. The fraction of sp³-hybridized carbons (Fsp3) is 0.350. The summed E-state index contributed by atoms with van der Waals surface area (Å²) in [4.78, 5) is 12.7. The van der Waals surface area contributed by atoms with Crippen molar-refractivity contribution in [1.29, 1.82) is 0 Å². The van der Waals surface area contributed by atoms with Crippen LogP contribution in [0.15, 0.2) is 53.0 Å². The molecule has 0 aliphatic heterocycles. The Morgan fingerprint density at radius 1 is 1.09 bits per heavy atom. The minimum Gasteiger partial charge on any atom is -0.465 e. The van der Waals surface area contributed by atoms with Crippen LogP contribution >= 0.6 is 15.9 Å². The predicted molar refractivity (Wildman–Crippen MR) is 97.7 cm³/mol. The Labute approximate surface area is 147 Å². The molecule has 2 nitrogen and oxygen atoms in total. The SMILES string of the molecule is CCOC(=O)[C@H](c1ccc(Br)cc1)C(C)(C)c1ccc(C)cc1. The maximum atomic E-state index is 12.7. The van der Waals surface area contributed by atoms with Crippen molar-refractivity contribution in [3.8, 4) is 0 Å². The van der Waals surface area contributed by atoms with Gasteiger partial charge < -0.3 is 4.74 Å². The van der Waals surface area contributed by atoms with Gasteiger partial charge in [-0.2, -0.15) is 0 Å². The highest BCUT2D eigenvalue weighted by molar-refractivity contribution is 9.10. The maximum absolute atomic E-state index is 12.7. The van der Waals surface area contributed by atoms with Crippen LogP contribution in [-0.4, -0.2) is 12.6 Å². The van der Waals surface area contributed by atoms with Crippen LogP contribution in [0.3, 0.4) is 0 Å². The Morgan fingerprint density at radius 2 is 1.65 bits per heavy atom. The molecule has 0 saturated carbocycles. The monoisotopic (exact) mass is 374 g/mol. The number of carbonyl (C=O) groups excluding carboxylic acids is 1. The molecular formula is C20H23BrO2. The van der Waals surface area contributed by atoms with Crippen LogP contribution in [0.2, 0.25) is 0 Å². The van der Waals surface area contributed by atoms with Gasteiger partial charge in [-0.25, -0.2) is 0 Å². The number of hydrogen-bond acceptors (Lipinski definition) is 2. The van der Waals surface area contributed by atoms with Crippen molar-refractivity contribution < 1.29 is 9.53 Å². The van der Waals surface area contributed by atoms with E-state index in [9.17, 15) is 4.79 Å². The molecule has 0 aliphatic rings. The van der Waals surface area contributed by atoms with Crippen molar-refractivity contribution in [2.75, 3.05) is 6.61 Å². The van der Waals surface area contributed by atoms with Gasteiger partial charge in [-0.15, -0.1) is 0 Å². The molecule has 0 fully saturated rings. The Hall–Kier alpha value is -1.61. The summed E-state index contributed by atoms with van der Waals surface area (Å²) in [5, 5.41) is 0. The molecule has 0 unspecified atom stereocenters. The lowest BCUT2D eigenvalue weighted by molar-refractivity contribution is -0.146. The fourth-order valence-corrected chi connectivity index (χ4v) is 3.14. The first-order valence-corrected chi connectivity index (χ1v) is 8.64. The zero-order chi connectivity index (χ0) is 17.0. The Morgan fingerprint density at radius 3 is 2.17 bits per heavy atom. The molecule has 2 aromatic rings. The van der Waals surface area contributed by atoms with Crippen molar-refractivity contribution >= 4 is 21.9 Å². The highest BCUT2D eigenvalue weighted by Crippen LogP contribution is 2.40. The molecule has 1 atom stereocenters. The summed E-state index contributed by atoms with van der Waals surface area (Å²) in [6, 6.07) is 16.3. The lowest BCUT2D eigenvalue weighted by Gasteiger charge is -2.33. The number of hydrogen-bond donors (Lipinski definition) is 0. The van der Waals surface area contributed by atoms with Gasteiger partial charge in [0.2, 0.25) is 0 Å². The number of aryl methyl sites for hydroxylation is 1. The minimum absolute atomic E-state index is 0.180. The molecule has 0 spiro atoms. The summed E-state index contributed by atoms with van der Waals surface area (Å²) in [5.41, 5.74) is 2.94. The number of benzene rings is 2. The Bertz CT molecular complexity index is 657. The topological polar surface area (TPSA) is 26.3 Å². The molecule has 0 radical (unpaired) electrons. The number of halogens is 1. The molecule has 23 heavy (non-hydrogen) atoms. The summed E-state index contributed by atoms with van der Waals surface area (Å²) in [5.74, 6) is -0.529. The van der Waals surface area contributed by atoms with E-state index in [0.717, 1.165) is 15.6 Å². The lowest BCUT2D eigenvalue weighted by Crippen LogP contribution is -2.34. The molecule has 2 aromatic carbocycles. The number of rotatable bonds is 5. The molecule has 0 aliphatic carbocycles. The standard InChI is InChI=1S/C20H23BrO2/c1-5-23-19(22)18(15-8-12-17(21)13-9-15)20(3,4)16-10-6-14(2)7-11-16/h6-13,18H,5H2,1-4H3/t18-/m0/s1. The predicted octanol–water partition coefficient (Wildman–Crippen LogP) is 5.38. The van der Waals surface area contributed by atoms with Gasteiger partial charge in [0.1, 0.15) is 0 Å². The van der Waals surface area contributed by atoms with E-state index >= 15 is 0 Å². The summed E-state index contributed by atoms with van der Waals surface area (Å²) < 4.78 is 6.37. The second kappa shape index (κ2) is 7.31. The van der Waals surface area contributed by atoms with Crippen molar-refractivity contribution in [2.45, 2.75) is 39.0 Å². The van der Waals surface area contributed by atoms with Gasteiger partial charge >= 0.3 is 5.97 Å². The van der Waals surface area contributed by atoms with E-state index in [4.69, 9.17) is 4.74 Å². The van der Waals surface area contributed by atoms with E-state index in [-0.39, 0.29) is 17.3 Å². The van der Waals surface area contributed by atoms with Gasteiger partial charge in [-0.05, 0) is 37.1 Å². The Balaban J connectivity index is 2.48. The van der Waals surface area contributed by atoms with Gasteiger partial charge in [-0.3, -0.25) is 4.79 Å². The summed E-state index contributed by atoms with van der Waals surface area (Å²) in [7, 11) is 0. The minimum atomic E-state index is -0.367. The third-order valence-electron chi connectivity index (χ3n) is 4.24. The quantitative estimate of drug-likeness (QED) is 0.656. The maximum Gasteiger partial charge on any atom is 0.314 e. The van der Waals surface area contributed by atoms with E-state index in [0.29, 0.717) is 6.61 Å². The van der Waals surface area contributed by atoms with Gasteiger partial charge in [0.15, 0.2) is 0 Å². The first kappa shape index (κ1) is 17.7. The summed E-state index contributed by atoms with van der Waals surface area (Å²) in [6.45, 7) is 8.49. The van der Waals surface area contributed by atoms with E-state index < -0.39 is 0 Å². The first-order valence-electron chi connectivity index (χ1n) is 7.85. The zero-order valence-corrected chi connectivity index (χ0v) is 15.7. The van der Waals surface area contributed by atoms with Crippen molar-refractivity contribution in [1.82, 2.24) is 0 Å². The molecule has 0 bridgehead atoms. The molecule has 0 amide bonds. The molecule has 0 N–H and O–H groups in total. The van der Waals surface area contributed by atoms with Crippen LogP contribution in [0.25, 0.3) is 0 Å². The van der Waals surface area contributed by atoms with E-state index in [2.05, 4.69) is 61.0 Å². The zero-order valence-electron chi connectivity index (χ0n) is 14.1. The van der Waals surface area contributed by atoms with Gasteiger partial charge in [0.25, 0.3) is 0 Å². The number of carbonyl (C=O) groups is 1. The highest BCUT2D eigenvalue weighted by Gasteiger charge is 2.38. The first-order chi connectivity index (χ1) is 10.9. The number of ether oxygens (including phenoxy) is 1. The van der Waals surface area contributed by atoms with Crippen LogP contribution in [0, 0.1) is 6.92 Å². The largest absolute Gasteiger partial charge is 0.465 e. The number of esters is 1. The van der Waals surface area contributed by atoms with Crippen molar-refractivity contribution in [3.05, 3.63) is 69.7 Å². The highest BCUT2D eigenvalue weighted by atomic mass is 79.9. The van der Waals surface area contributed by atoms with E-state index in [1.807, 2.05) is 31.2 Å². The molecule has 122 valence electrons. The van der Waals surface area contributed by atoms with Crippen LogP contribution in [0.1, 0.15) is 43.4 Å². The van der Waals surface area contributed by atoms with Crippen LogP contribution < -0.4 is 0 Å². The van der Waals surface area contributed by atoms with Crippen LogP contribution in [0.5, 0.6) is 0 Å². The molecule has 2 rings (SSSR count). The second-order valence-corrected chi connectivity index (χ2v) is 7.24. The van der Waals surface area contributed by atoms with Crippen LogP contribution in [-0.2, 0) is 14.9 Å². The van der Waals surface area contributed by atoms with Crippen molar-refractivity contribution in [2.24, 2.45) is 0 Å². The molecule has 0 heterocycles. The van der Waals surface area contributed by atoms with Gasteiger partial charge in [0, 0.05) is 9.89 Å². The van der Waals surface area contributed by atoms with E-state index in [1.54, 1.807) is 0 Å². The summed E-state index contributed by atoms with van der Waals surface area (Å²) in [6.07, 6.45) is 0. The average Bonchev–Trinajstić information content (AvgIpc) is 2.50. The van der Waals surface area contributed by atoms with E-state index in [1.165, 1.54) is 5.56 Å². The second-order valence-electron chi connectivity index (χ2n) is 6.32. The normalized spacial score (nSPS) is 12.7. The fourth-order valence-electron chi connectivity index (χ4n) is 2.88.